The van der Waals surface area contributed by atoms with Crippen LogP contribution in [0.2, 0.25) is 0 Å². The zero-order chi connectivity index (χ0) is 9.90. The van der Waals surface area contributed by atoms with Gasteiger partial charge in [0, 0.05) is 5.41 Å². The molecule has 1 aliphatic carbocycles. The number of halogens is 1. The van der Waals surface area contributed by atoms with Crippen molar-refractivity contribution < 1.29 is 4.39 Å². The Morgan fingerprint density at radius 1 is 1.38 bits per heavy atom. The molecule has 0 radical (unpaired) electrons. The van der Waals surface area contributed by atoms with Crippen LogP contribution in [-0.4, -0.2) is 0 Å². The molecule has 0 heterocycles. The first-order valence-corrected chi connectivity index (χ1v) is 5.03. The standard InChI is InChI=1S/C12H19F/c1-12(2,3)11(13)9-10-7-5-4-6-8-10/h4-5,9-10H,6-8H2,1-3H3/b11-9-. The van der Waals surface area contributed by atoms with Gasteiger partial charge < -0.3 is 0 Å². The second-order valence-electron chi connectivity index (χ2n) is 4.81. The average molecular weight is 182 g/mol. The third-order valence-corrected chi connectivity index (χ3v) is 2.41. The van der Waals surface area contributed by atoms with Crippen LogP contribution in [0.25, 0.3) is 0 Å². The Bertz CT molecular complexity index is 218. The zero-order valence-corrected chi connectivity index (χ0v) is 8.81. The smallest absolute Gasteiger partial charge is 0.102 e. The summed E-state index contributed by atoms with van der Waals surface area (Å²) in [5.41, 5.74) is -0.318. The first-order valence-electron chi connectivity index (χ1n) is 5.03. The quantitative estimate of drug-likeness (QED) is 0.532. The van der Waals surface area contributed by atoms with E-state index in [-0.39, 0.29) is 11.2 Å². The third-order valence-electron chi connectivity index (χ3n) is 2.41. The molecule has 0 aromatic rings. The SMILES string of the molecule is CC(C)(C)/C(F)=C/C1CC=CCC1. The van der Waals surface area contributed by atoms with Gasteiger partial charge in [-0.3, -0.25) is 0 Å². The lowest BCUT2D eigenvalue weighted by Gasteiger charge is -2.19. The summed E-state index contributed by atoms with van der Waals surface area (Å²) in [5, 5.41) is 0. The molecule has 1 atom stereocenters. The van der Waals surface area contributed by atoms with Crippen molar-refractivity contribution in [1.29, 1.82) is 0 Å². The van der Waals surface area contributed by atoms with Gasteiger partial charge in [0.2, 0.25) is 0 Å². The van der Waals surface area contributed by atoms with E-state index in [9.17, 15) is 4.39 Å². The average Bonchev–Trinajstić information content (AvgIpc) is 2.04. The van der Waals surface area contributed by atoms with Crippen molar-refractivity contribution in [2.24, 2.45) is 11.3 Å². The van der Waals surface area contributed by atoms with Crippen LogP contribution in [0.1, 0.15) is 40.0 Å². The summed E-state index contributed by atoms with van der Waals surface area (Å²) in [7, 11) is 0. The second kappa shape index (κ2) is 4.08. The van der Waals surface area contributed by atoms with Crippen LogP contribution in [0, 0.1) is 11.3 Å². The highest BCUT2D eigenvalue weighted by Gasteiger charge is 2.18. The highest BCUT2D eigenvalue weighted by Crippen LogP contribution is 2.30. The van der Waals surface area contributed by atoms with Gasteiger partial charge in [-0.2, -0.15) is 0 Å². The first-order chi connectivity index (χ1) is 6.00. The molecule has 1 heteroatoms. The summed E-state index contributed by atoms with van der Waals surface area (Å²) >= 11 is 0. The Labute approximate surface area is 80.5 Å². The van der Waals surface area contributed by atoms with Gasteiger partial charge in [-0.1, -0.05) is 32.9 Å². The molecule has 0 saturated carbocycles. The summed E-state index contributed by atoms with van der Waals surface area (Å²) in [6.07, 6.45) is 9.34. The molecule has 0 aromatic carbocycles. The Morgan fingerprint density at radius 2 is 2.08 bits per heavy atom. The molecule has 0 amide bonds. The van der Waals surface area contributed by atoms with E-state index in [0.29, 0.717) is 5.92 Å². The topological polar surface area (TPSA) is 0 Å². The van der Waals surface area contributed by atoms with E-state index < -0.39 is 0 Å². The summed E-state index contributed by atoms with van der Waals surface area (Å²) < 4.78 is 13.5. The van der Waals surface area contributed by atoms with Crippen molar-refractivity contribution >= 4 is 0 Å². The molecule has 0 N–H and O–H groups in total. The van der Waals surface area contributed by atoms with E-state index in [1.165, 1.54) is 0 Å². The van der Waals surface area contributed by atoms with E-state index in [1.807, 2.05) is 26.8 Å². The van der Waals surface area contributed by atoms with Gasteiger partial charge in [0.1, 0.15) is 5.83 Å². The predicted octanol–water partition coefficient (Wildman–Crippen LogP) is 4.24. The maximum absolute atomic E-state index is 13.5. The van der Waals surface area contributed by atoms with Gasteiger partial charge in [0.25, 0.3) is 0 Å². The van der Waals surface area contributed by atoms with Crippen LogP contribution in [-0.2, 0) is 0 Å². The maximum Gasteiger partial charge on any atom is 0.102 e. The molecular formula is C12H19F. The number of hydrogen-bond donors (Lipinski definition) is 0. The molecule has 0 aromatic heterocycles. The monoisotopic (exact) mass is 182 g/mol. The molecular weight excluding hydrogens is 163 g/mol. The first kappa shape index (κ1) is 10.5. The summed E-state index contributed by atoms with van der Waals surface area (Å²) in [6.45, 7) is 5.74. The van der Waals surface area contributed by atoms with Crippen LogP contribution in [0.5, 0.6) is 0 Å². The summed E-state index contributed by atoms with van der Waals surface area (Å²) in [4.78, 5) is 0. The van der Waals surface area contributed by atoms with Crippen molar-refractivity contribution in [2.45, 2.75) is 40.0 Å². The van der Waals surface area contributed by atoms with Gasteiger partial charge in [-0.15, -0.1) is 0 Å². The van der Waals surface area contributed by atoms with Crippen LogP contribution < -0.4 is 0 Å². The van der Waals surface area contributed by atoms with Crippen molar-refractivity contribution in [2.75, 3.05) is 0 Å². The highest BCUT2D eigenvalue weighted by molar-refractivity contribution is 5.07. The molecule has 0 fully saturated rings. The molecule has 1 aliphatic rings. The Kier molecular flexibility index (Phi) is 3.29. The molecule has 0 nitrogen and oxygen atoms in total. The largest absolute Gasteiger partial charge is 0.212 e. The van der Waals surface area contributed by atoms with Crippen molar-refractivity contribution in [1.82, 2.24) is 0 Å². The molecule has 0 bridgehead atoms. The minimum Gasteiger partial charge on any atom is -0.212 e. The van der Waals surface area contributed by atoms with Crippen LogP contribution in [0.3, 0.4) is 0 Å². The predicted molar refractivity (Wildman–Crippen MR) is 55.1 cm³/mol. The van der Waals surface area contributed by atoms with E-state index in [2.05, 4.69) is 12.2 Å². The Balaban J connectivity index is 2.59. The fourth-order valence-corrected chi connectivity index (χ4v) is 1.43. The van der Waals surface area contributed by atoms with Gasteiger partial charge in [-0.05, 0) is 31.3 Å². The molecule has 0 saturated heterocycles. The number of rotatable bonds is 1. The van der Waals surface area contributed by atoms with Gasteiger partial charge in [-0.25, -0.2) is 4.39 Å². The molecule has 0 spiro atoms. The summed E-state index contributed by atoms with van der Waals surface area (Å²) in [6, 6.07) is 0. The minimum atomic E-state index is -0.318. The normalized spacial score (nSPS) is 24.9. The van der Waals surface area contributed by atoms with Gasteiger partial charge >= 0.3 is 0 Å². The minimum absolute atomic E-state index is 0.0350. The number of allylic oxidation sites excluding steroid dienone is 4. The summed E-state index contributed by atoms with van der Waals surface area (Å²) in [5.74, 6) is 0.456. The van der Waals surface area contributed by atoms with Crippen molar-refractivity contribution in [3.63, 3.8) is 0 Å². The highest BCUT2D eigenvalue weighted by atomic mass is 19.1. The van der Waals surface area contributed by atoms with E-state index in [4.69, 9.17) is 0 Å². The third kappa shape index (κ3) is 3.33. The molecule has 0 aliphatic heterocycles. The van der Waals surface area contributed by atoms with Gasteiger partial charge in [0.15, 0.2) is 0 Å². The van der Waals surface area contributed by atoms with Crippen molar-refractivity contribution in [3.05, 3.63) is 24.1 Å². The Morgan fingerprint density at radius 3 is 2.54 bits per heavy atom. The molecule has 74 valence electrons. The van der Waals surface area contributed by atoms with E-state index in [0.717, 1.165) is 19.3 Å². The van der Waals surface area contributed by atoms with Crippen LogP contribution in [0.15, 0.2) is 24.1 Å². The fraction of sp³-hybridized carbons (Fsp3) is 0.667. The van der Waals surface area contributed by atoms with Crippen molar-refractivity contribution in [3.8, 4) is 0 Å². The lowest BCUT2D eigenvalue weighted by molar-refractivity contribution is 0.372. The molecule has 13 heavy (non-hydrogen) atoms. The van der Waals surface area contributed by atoms with Crippen LogP contribution in [0.4, 0.5) is 4.39 Å². The van der Waals surface area contributed by atoms with E-state index >= 15 is 0 Å². The number of hydrogen-bond acceptors (Lipinski definition) is 0. The zero-order valence-electron chi connectivity index (χ0n) is 8.81. The van der Waals surface area contributed by atoms with E-state index in [1.54, 1.807) is 0 Å². The van der Waals surface area contributed by atoms with Crippen LogP contribution >= 0.6 is 0 Å². The lowest BCUT2D eigenvalue weighted by atomic mass is 9.88. The molecule has 1 unspecified atom stereocenters. The Hall–Kier alpha value is -0.590. The maximum atomic E-state index is 13.5. The molecule has 1 rings (SSSR count). The van der Waals surface area contributed by atoms with Gasteiger partial charge in [0.05, 0.1) is 0 Å². The second-order valence-corrected chi connectivity index (χ2v) is 4.81. The lowest BCUT2D eigenvalue weighted by Crippen LogP contribution is -2.08. The fourth-order valence-electron chi connectivity index (χ4n) is 1.43.